The number of ether oxygens (including phenoxy) is 1. The molecular formula is C13H14FN3O2. The van der Waals surface area contributed by atoms with E-state index in [-0.39, 0.29) is 17.9 Å². The molecule has 0 bridgehead atoms. The first-order valence-corrected chi connectivity index (χ1v) is 6.20. The van der Waals surface area contributed by atoms with Gasteiger partial charge in [-0.15, -0.1) is 5.10 Å². The van der Waals surface area contributed by atoms with Crippen LogP contribution in [0.15, 0.2) is 22.6 Å². The van der Waals surface area contributed by atoms with Crippen LogP contribution in [0.3, 0.4) is 0 Å². The van der Waals surface area contributed by atoms with Crippen LogP contribution in [0.5, 0.6) is 0 Å². The van der Waals surface area contributed by atoms with E-state index in [9.17, 15) is 4.39 Å². The summed E-state index contributed by atoms with van der Waals surface area (Å²) in [6.07, 6.45) is 1.78. The highest BCUT2D eigenvalue weighted by Crippen LogP contribution is 2.28. The molecule has 0 saturated carbocycles. The highest BCUT2D eigenvalue weighted by atomic mass is 19.1. The van der Waals surface area contributed by atoms with Gasteiger partial charge < -0.3 is 14.5 Å². The van der Waals surface area contributed by atoms with Crippen LogP contribution in [0.4, 0.5) is 16.1 Å². The minimum absolute atomic E-state index is 0.113. The van der Waals surface area contributed by atoms with Gasteiger partial charge in [-0.05, 0) is 37.5 Å². The molecule has 3 rings (SSSR count). The fraction of sp³-hybridized carbons (Fsp3) is 0.385. The Morgan fingerprint density at radius 3 is 3.00 bits per heavy atom. The van der Waals surface area contributed by atoms with Gasteiger partial charge in [0.2, 0.25) is 5.89 Å². The van der Waals surface area contributed by atoms with Crippen molar-refractivity contribution in [1.82, 2.24) is 10.2 Å². The normalized spacial score (nSPS) is 18.7. The second-order valence-electron chi connectivity index (χ2n) is 4.54. The van der Waals surface area contributed by atoms with Crippen molar-refractivity contribution < 1.29 is 13.5 Å². The second-order valence-corrected chi connectivity index (χ2v) is 4.54. The molecule has 1 aliphatic heterocycles. The monoisotopic (exact) mass is 263 g/mol. The zero-order valence-electron chi connectivity index (χ0n) is 10.5. The lowest BCUT2D eigenvalue weighted by Gasteiger charge is -2.04. The fourth-order valence-electron chi connectivity index (χ4n) is 1.98. The molecule has 0 aliphatic carbocycles. The first kappa shape index (κ1) is 12.1. The second kappa shape index (κ2) is 4.97. The molecule has 6 heteroatoms. The quantitative estimate of drug-likeness (QED) is 0.921. The lowest BCUT2D eigenvalue weighted by atomic mass is 10.2. The van der Waals surface area contributed by atoms with Gasteiger partial charge in [-0.2, -0.15) is 0 Å². The average molecular weight is 263 g/mol. The topological polar surface area (TPSA) is 60.2 Å². The van der Waals surface area contributed by atoms with Crippen molar-refractivity contribution in [2.45, 2.75) is 25.9 Å². The number of anilines is 2. The molecule has 1 aromatic heterocycles. The molecule has 2 aromatic rings. The number of hydrogen-bond donors (Lipinski definition) is 1. The molecule has 19 heavy (non-hydrogen) atoms. The molecule has 5 nitrogen and oxygen atoms in total. The number of aromatic nitrogens is 2. The minimum Gasteiger partial charge on any atom is -0.405 e. The van der Waals surface area contributed by atoms with Crippen LogP contribution in [0.2, 0.25) is 0 Å². The van der Waals surface area contributed by atoms with E-state index in [1.165, 1.54) is 6.07 Å². The van der Waals surface area contributed by atoms with Crippen LogP contribution in [0.1, 0.15) is 30.4 Å². The smallest absolute Gasteiger partial charge is 0.320 e. The van der Waals surface area contributed by atoms with Gasteiger partial charge in [0.25, 0.3) is 0 Å². The van der Waals surface area contributed by atoms with E-state index in [1.54, 1.807) is 19.1 Å². The Kier molecular flexibility index (Phi) is 3.16. The summed E-state index contributed by atoms with van der Waals surface area (Å²) in [6, 6.07) is 5.09. The van der Waals surface area contributed by atoms with Gasteiger partial charge in [-0.3, -0.25) is 0 Å². The van der Waals surface area contributed by atoms with Crippen LogP contribution in [-0.2, 0) is 4.74 Å². The van der Waals surface area contributed by atoms with E-state index >= 15 is 0 Å². The standard InChI is InChI=1S/C13H14FN3O2/c1-8-4-5-9(7-10(8)14)15-13-17-16-12(19-13)11-3-2-6-18-11/h4-5,7,11H,2-3,6H2,1H3,(H,15,17). The number of nitrogens with zero attached hydrogens (tertiary/aromatic N) is 2. The van der Waals surface area contributed by atoms with Crippen molar-refractivity contribution in [3.8, 4) is 0 Å². The molecular weight excluding hydrogens is 249 g/mol. The van der Waals surface area contributed by atoms with Crippen molar-refractivity contribution in [1.29, 1.82) is 0 Å². The summed E-state index contributed by atoms with van der Waals surface area (Å²) in [7, 11) is 0. The van der Waals surface area contributed by atoms with Crippen molar-refractivity contribution in [2.24, 2.45) is 0 Å². The summed E-state index contributed by atoms with van der Waals surface area (Å²) in [5, 5.41) is 10.7. The van der Waals surface area contributed by atoms with Crippen LogP contribution in [-0.4, -0.2) is 16.8 Å². The Morgan fingerprint density at radius 1 is 1.37 bits per heavy atom. The predicted octanol–water partition coefficient (Wildman–Crippen LogP) is 3.11. The molecule has 1 fully saturated rings. The summed E-state index contributed by atoms with van der Waals surface area (Å²) in [5.74, 6) is 0.191. The van der Waals surface area contributed by atoms with Gasteiger partial charge in [0.15, 0.2) is 0 Å². The van der Waals surface area contributed by atoms with E-state index in [0.717, 1.165) is 19.4 Å². The van der Waals surface area contributed by atoms with Crippen LogP contribution in [0.25, 0.3) is 0 Å². The lowest BCUT2D eigenvalue weighted by molar-refractivity contribution is 0.0897. The largest absolute Gasteiger partial charge is 0.405 e. The van der Waals surface area contributed by atoms with Crippen LogP contribution in [0, 0.1) is 12.7 Å². The summed E-state index contributed by atoms with van der Waals surface area (Å²) < 4.78 is 24.3. The third-order valence-corrected chi connectivity index (χ3v) is 3.07. The van der Waals surface area contributed by atoms with Gasteiger partial charge in [0.05, 0.1) is 0 Å². The number of halogens is 1. The van der Waals surface area contributed by atoms with E-state index in [1.807, 2.05) is 0 Å². The average Bonchev–Trinajstić information content (AvgIpc) is 3.04. The predicted molar refractivity (Wildman–Crippen MR) is 66.6 cm³/mol. The molecule has 1 aliphatic rings. The molecule has 1 unspecified atom stereocenters. The third-order valence-electron chi connectivity index (χ3n) is 3.07. The van der Waals surface area contributed by atoms with Crippen molar-refractivity contribution in [2.75, 3.05) is 11.9 Å². The Morgan fingerprint density at radius 2 is 2.26 bits per heavy atom. The van der Waals surface area contributed by atoms with Crippen molar-refractivity contribution in [3.05, 3.63) is 35.5 Å². The van der Waals surface area contributed by atoms with E-state index in [2.05, 4.69) is 15.5 Å². The molecule has 1 saturated heterocycles. The molecule has 100 valence electrons. The Labute approximate surface area is 109 Å². The molecule has 1 N–H and O–H groups in total. The molecule has 1 atom stereocenters. The zero-order chi connectivity index (χ0) is 13.2. The third kappa shape index (κ3) is 2.58. The fourth-order valence-corrected chi connectivity index (χ4v) is 1.98. The summed E-state index contributed by atoms with van der Waals surface area (Å²) in [4.78, 5) is 0. The number of rotatable bonds is 3. The Bertz CT molecular complexity index is 579. The van der Waals surface area contributed by atoms with E-state index < -0.39 is 0 Å². The summed E-state index contributed by atoms with van der Waals surface area (Å²) in [5.41, 5.74) is 1.17. The minimum atomic E-state index is -0.274. The van der Waals surface area contributed by atoms with Gasteiger partial charge in [-0.25, -0.2) is 4.39 Å². The van der Waals surface area contributed by atoms with Crippen LogP contribution < -0.4 is 5.32 Å². The Balaban J connectivity index is 1.74. The lowest BCUT2D eigenvalue weighted by Crippen LogP contribution is -1.95. The van der Waals surface area contributed by atoms with Gasteiger partial charge in [-0.1, -0.05) is 11.2 Å². The zero-order valence-corrected chi connectivity index (χ0v) is 10.5. The number of nitrogens with one attached hydrogen (secondary N) is 1. The Hall–Kier alpha value is -1.95. The van der Waals surface area contributed by atoms with Crippen molar-refractivity contribution >= 4 is 11.7 Å². The first-order valence-electron chi connectivity index (χ1n) is 6.20. The summed E-state index contributed by atoms with van der Waals surface area (Å²) in [6.45, 7) is 2.43. The molecule has 0 radical (unpaired) electrons. The maximum Gasteiger partial charge on any atom is 0.320 e. The number of aryl methyl sites for hydroxylation is 1. The van der Waals surface area contributed by atoms with E-state index in [4.69, 9.17) is 9.15 Å². The summed E-state index contributed by atoms with van der Waals surface area (Å²) >= 11 is 0. The van der Waals surface area contributed by atoms with Gasteiger partial charge in [0.1, 0.15) is 11.9 Å². The highest BCUT2D eigenvalue weighted by molar-refractivity contribution is 5.52. The number of benzene rings is 1. The molecule has 0 spiro atoms. The number of hydrogen-bond acceptors (Lipinski definition) is 5. The van der Waals surface area contributed by atoms with Gasteiger partial charge >= 0.3 is 6.01 Å². The highest BCUT2D eigenvalue weighted by Gasteiger charge is 2.23. The van der Waals surface area contributed by atoms with Gasteiger partial charge in [0, 0.05) is 12.3 Å². The SMILES string of the molecule is Cc1ccc(Nc2nnc(C3CCCO3)o2)cc1F. The van der Waals surface area contributed by atoms with E-state index in [0.29, 0.717) is 17.1 Å². The van der Waals surface area contributed by atoms with Crippen LogP contribution >= 0.6 is 0 Å². The van der Waals surface area contributed by atoms with Crippen molar-refractivity contribution in [3.63, 3.8) is 0 Å². The molecule has 2 heterocycles. The maximum absolute atomic E-state index is 13.4. The first-order chi connectivity index (χ1) is 9.22. The molecule has 0 amide bonds. The maximum atomic E-state index is 13.4. The molecule has 1 aromatic carbocycles.